The number of hydrogen-bond donors (Lipinski definition) is 0. The number of carbonyl (C=O) groups excluding carboxylic acids is 1. The highest BCUT2D eigenvalue weighted by molar-refractivity contribution is 7.10. The Balaban J connectivity index is 1.44. The van der Waals surface area contributed by atoms with Gasteiger partial charge >= 0.3 is 0 Å². The van der Waals surface area contributed by atoms with Crippen molar-refractivity contribution in [2.75, 3.05) is 6.54 Å². The van der Waals surface area contributed by atoms with E-state index in [4.69, 9.17) is 0 Å². The van der Waals surface area contributed by atoms with Gasteiger partial charge in [-0.3, -0.25) is 9.48 Å². The number of rotatable bonds is 3. The fourth-order valence-corrected chi connectivity index (χ4v) is 5.75. The fourth-order valence-electron chi connectivity index (χ4n) is 3.99. The van der Waals surface area contributed by atoms with Crippen LogP contribution < -0.4 is 0 Å². The van der Waals surface area contributed by atoms with E-state index >= 15 is 0 Å². The van der Waals surface area contributed by atoms with Crippen LogP contribution in [0.15, 0.2) is 41.4 Å². The van der Waals surface area contributed by atoms with E-state index < -0.39 is 0 Å². The lowest BCUT2D eigenvalue weighted by Crippen LogP contribution is -2.40. The molecule has 0 saturated heterocycles. The lowest BCUT2D eigenvalue weighted by atomic mass is 9.97. The number of nitrogens with zero attached hydrogens (tertiary/aromatic N) is 3. The van der Waals surface area contributed by atoms with E-state index in [-0.39, 0.29) is 12.0 Å². The van der Waals surface area contributed by atoms with Crippen molar-refractivity contribution in [3.8, 4) is 0 Å². The van der Waals surface area contributed by atoms with Crippen molar-refractivity contribution >= 4 is 28.6 Å². The zero-order valence-electron chi connectivity index (χ0n) is 14.0. The number of hydrogen-bond acceptors (Lipinski definition) is 4. The SMILES string of the molecule is Cn1cc([C@@H]2C[C@H]2C(=O)N2CCc3sccc3[C@@H]2c2cccs2)cn1. The highest BCUT2D eigenvalue weighted by atomic mass is 32.1. The third-order valence-electron chi connectivity index (χ3n) is 5.32. The molecule has 0 unspecified atom stereocenters. The molecule has 25 heavy (non-hydrogen) atoms. The molecule has 5 rings (SSSR count). The molecule has 2 aliphatic rings. The zero-order valence-corrected chi connectivity index (χ0v) is 15.6. The van der Waals surface area contributed by atoms with Crippen molar-refractivity contribution in [1.82, 2.24) is 14.7 Å². The molecule has 0 aromatic carbocycles. The summed E-state index contributed by atoms with van der Waals surface area (Å²) in [5.41, 5.74) is 2.52. The summed E-state index contributed by atoms with van der Waals surface area (Å²) < 4.78 is 1.82. The Morgan fingerprint density at radius 1 is 1.28 bits per heavy atom. The van der Waals surface area contributed by atoms with Crippen molar-refractivity contribution in [1.29, 1.82) is 0 Å². The first kappa shape index (κ1) is 15.3. The number of fused-ring (bicyclic) bond motifs is 1. The third-order valence-corrected chi connectivity index (χ3v) is 7.24. The fraction of sp³-hybridized carbons (Fsp3) is 0.368. The second kappa shape index (κ2) is 5.81. The van der Waals surface area contributed by atoms with Crippen LogP contribution in [0.1, 0.15) is 39.3 Å². The molecule has 1 fully saturated rings. The van der Waals surface area contributed by atoms with Crippen LogP contribution in [-0.2, 0) is 18.3 Å². The largest absolute Gasteiger partial charge is 0.330 e. The van der Waals surface area contributed by atoms with Gasteiger partial charge in [0.2, 0.25) is 5.91 Å². The van der Waals surface area contributed by atoms with E-state index in [1.54, 1.807) is 11.3 Å². The Morgan fingerprint density at radius 2 is 2.20 bits per heavy atom. The van der Waals surface area contributed by atoms with Crippen molar-refractivity contribution in [2.45, 2.75) is 24.8 Å². The molecule has 6 heteroatoms. The predicted molar refractivity (Wildman–Crippen MR) is 100.0 cm³/mol. The van der Waals surface area contributed by atoms with Crippen LogP contribution in [0, 0.1) is 5.92 Å². The maximum absolute atomic E-state index is 13.3. The van der Waals surface area contributed by atoms with Crippen LogP contribution in [-0.4, -0.2) is 27.1 Å². The summed E-state index contributed by atoms with van der Waals surface area (Å²) in [4.78, 5) is 18.1. The van der Waals surface area contributed by atoms with E-state index in [0.717, 1.165) is 19.4 Å². The van der Waals surface area contributed by atoms with Crippen molar-refractivity contribution in [3.63, 3.8) is 0 Å². The average molecular weight is 370 g/mol. The van der Waals surface area contributed by atoms with Gasteiger partial charge < -0.3 is 4.90 Å². The van der Waals surface area contributed by atoms with Crippen molar-refractivity contribution < 1.29 is 4.79 Å². The molecule has 0 radical (unpaired) electrons. The highest BCUT2D eigenvalue weighted by Crippen LogP contribution is 2.50. The smallest absolute Gasteiger partial charge is 0.227 e. The van der Waals surface area contributed by atoms with Gasteiger partial charge in [-0.25, -0.2) is 0 Å². The quantitative estimate of drug-likeness (QED) is 0.704. The maximum atomic E-state index is 13.3. The Morgan fingerprint density at radius 3 is 2.96 bits per heavy atom. The highest BCUT2D eigenvalue weighted by Gasteiger charge is 2.48. The molecule has 4 heterocycles. The van der Waals surface area contributed by atoms with Crippen molar-refractivity contribution in [3.05, 3.63) is 62.2 Å². The van der Waals surface area contributed by atoms with E-state index in [9.17, 15) is 4.79 Å². The molecule has 0 bridgehead atoms. The van der Waals surface area contributed by atoms with Gasteiger partial charge in [0.25, 0.3) is 0 Å². The minimum absolute atomic E-state index is 0.0950. The molecule has 3 aromatic heterocycles. The summed E-state index contributed by atoms with van der Waals surface area (Å²) in [5.74, 6) is 0.769. The first-order valence-electron chi connectivity index (χ1n) is 8.61. The van der Waals surface area contributed by atoms with E-state index in [2.05, 4.69) is 39.0 Å². The predicted octanol–water partition coefficient (Wildman–Crippen LogP) is 3.82. The number of aromatic nitrogens is 2. The molecule has 1 aliphatic heterocycles. The van der Waals surface area contributed by atoms with Gasteiger partial charge in [0, 0.05) is 35.5 Å². The summed E-state index contributed by atoms with van der Waals surface area (Å²) >= 11 is 3.57. The van der Waals surface area contributed by atoms with Gasteiger partial charge in [-0.15, -0.1) is 22.7 Å². The second-order valence-electron chi connectivity index (χ2n) is 6.89. The first-order chi connectivity index (χ1) is 12.2. The van der Waals surface area contributed by atoms with Crippen LogP contribution in [0.25, 0.3) is 0 Å². The average Bonchev–Trinajstić information content (AvgIpc) is 3.05. The number of thiophene rings is 2. The summed E-state index contributed by atoms with van der Waals surface area (Å²) in [6.07, 6.45) is 5.88. The molecule has 1 aliphatic carbocycles. The summed E-state index contributed by atoms with van der Waals surface area (Å²) in [7, 11) is 1.93. The maximum Gasteiger partial charge on any atom is 0.227 e. The molecule has 4 nitrogen and oxygen atoms in total. The van der Waals surface area contributed by atoms with Crippen LogP contribution in [0.4, 0.5) is 0 Å². The van der Waals surface area contributed by atoms with Crippen LogP contribution in [0.3, 0.4) is 0 Å². The van der Waals surface area contributed by atoms with Gasteiger partial charge in [0.15, 0.2) is 0 Å². The first-order valence-corrected chi connectivity index (χ1v) is 10.4. The molecule has 1 amide bonds. The number of aryl methyl sites for hydroxylation is 1. The van der Waals surface area contributed by atoms with E-state index in [0.29, 0.717) is 11.8 Å². The second-order valence-corrected chi connectivity index (χ2v) is 8.87. The minimum Gasteiger partial charge on any atom is -0.330 e. The monoisotopic (exact) mass is 369 g/mol. The standard InChI is InChI=1S/C19H19N3OS2/c1-21-11-12(10-20-21)14-9-15(14)19(23)22-6-4-16-13(5-8-25-16)18(22)17-3-2-7-24-17/h2-3,5,7-8,10-11,14-15,18H,4,6,9H2,1H3/t14-,15+,18+/m0/s1. The van der Waals surface area contributed by atoms with Crippen LogP contribution >= 0.6 is 22.7 Å². The minimum atomic E-state index is 0.0950. The Hall–Kier alpha value is -1.92. The molecule has 3 atom stereocenters. The lowest BCUT2D eigenvalue weighted by molar-refractivity contribution is -0.134. The van der Waals surface area contributed by atoms with Crippen LogP contribution in [0.5, 0.6) is 0 Å². The molecule has 128 valence electrons. The van der Waals surface area contributed by atoms with Crippen LogP contribution in [0.2, 0.25) is 0 Å². The lowest BCUT2D eigenvalue weighted by Gasteiger charge is -2.35. The molecular formula is C19H19N3OS2. The molecule has 3 aromatic rings. The van der Waals surface area contributed by atoms with Gasteiger partial charge in [-0.05, 0) is 52.8 Å². The molecule has 0 spiro atoms. The number of carbonyl (C=O) groups is 1. The normalized spacial score (nSPS) is 25.0. The molecular weight excluding hydrogens is 350 g/mol. The van der Waals surface area contributed by atoms with E-state index in [1.807, 2.05) is 35.5 Å². The van der Waals surface area contributed by atoms with Gasteiger partial charge in [-0.2, -0.15) is 5.10 Å². The van der Waals surface area contributed by atoms with Gasteiger partial charge in [-0.1, -0.05) is 6.07 Å². The molecule has 1 saturated carbocycles. The number of amides is 1. The Bertz CT molecular complexity index is 911. The van der Waals surface area contributed by atoms with Gasteiger partial charge in [0.1, 0.15) is 0 Å². The zero-order chi connectivity index (χ0) is 17.0. The van der Waals surface area contributed by atoms with Crippen molar-refractivity contribution in [2.24, 2.45) is 13.0 Å². The van der Waals surface area contributed by atoms with Gasteiger partial charge in [0.05, 0.1) is 12.2 Å². The Labute approximate surface area is 154 Å². The summed E-state index contributed by atoms with van der Waals surface area (Å²) in [6, 6.07) is 6.54. The third kappa shape index (κ3) is 2.55. The summed E-state index contributed by atoms with van der Waals surface area (Å²) in [5, 5.41) is 8.52. The molecule has 0 N–H and O–H groups in total. The topological polar surface area (TPSA) is 38.1 Å². The van der Waals surface area contributed by atoms with E-state index in [1.165, 1.54) is 20.9 Å². The summed E-state index contributed by atoms with van der Waals surface area (Å²) in [6.45, 7) is 0.825. The Kier molecular flexibility index (Phi) is 3.57.